The molecule has 0 aliphatic heterocycles. The molecule has 0 aliphatic carbocycles. The molecule has 0 spiro atoms. The summed E-state index contributed by atoms with van der Waals surface area (Å²) in [6.45, 7) is 0. The van der Waals surface area contributed by atoms with Crippen LogP contribution in [0.5, 0.6) is 11.8 Å². The average molecular weight is 315 g/mol. The van der Waals surface area contributed by atoms with Crippen LogP contribution in [0.25, 0.3) is 16.9 Å². The maximum Gasteiger partial charge on any atom is 1.00 e. The molecule has 0 radical (unpaired) electrons. The Morgan fingerprint density at radius 1 is 1.23 bits per heavy atom. The van der Waals surface area contributed by atoms with Gasteiger partial charge in [0.05, 0.1) is 11.6 Å². The van der Waals surface area contributed by atoms with E-state index in [0.717, 1.165) is 16.9 Å². The summed E-state index contributed by atoms with van der Waals surface area (Å²) in [4.78, 5) is 7.19. The third-order valence-electron chi connectivity index (χ3n) is 2.72. The van der Waals surface area contributed by atoms with E-state index in [9.17, 15) is 14.6 Å². The molecule has 10 heteroatoms. The Kier molecular flexibility index (Phi) is 6.31. The Morgan fingerprint density at radius 2 is 1.95 bits per heavy atom. The van der Waals surface area contributed by atoms with E-state index in [0.29, 0.717) is 0 Å². The Morgan fingerprint density at radius 3 is 2.59 bits per heavy atom. The van der Waals surface area contributed by atoms with Crippen LogP contribution in [0.4, 0.5) is 4.39 Å². The molecule has 22 heavy (non-hydrogen) atoms. The van der Waals surface area contributed by atoms with Gasteiger partial charge in [-0.25, -0.2) is 13.9 Å². The minimum atomic E-state index is -0.890. The van der Waals surface area contributed by atoms with Gasteiger partial charge in [0.25, 0.3) is 5.78 Å². The molecule has 98 valence electrons. The monoisotopic (exact) mass is 315 g/mol. The van der Waals surface area contributed by atoms with E-state index in [1.165, 1.54) is 12.1 Å². The number of halogens is 1. The summed E-state index contributed by atoms with van der Waals surface area (Å²) in [5.41, 5.74) is -0.574. The second-order valence-electron chi connectivity index (χ2n) is 3.88. The molecule has 7 nitrogen and oxygen atoms in total. The molecule has 0 saturated heterocycles. The van der Waals surface area contributed by atoms with Crippen molar-refractivity contribution in [2.24, 2.45) is 0 Å². The topological polar surface area (TPSA) is 113 Å². The molecule has 0 unspecified atom stereocenters. The summed E-state index contributed by atoms with van der Waals surface area (Å²) in [6, 6.07) is 5.21. The molecule has 1 aromatic carbocycles. The fourth-order valence-corrected chi connectivity index (χ4v) is 1.82. The summed E-state index contributed by atoms with van der Waals surface area (Å²) < 4.78 is 14.7. The molecule has 0 N–H and O–H groups in total. The van der Waals surface area contributed by atoms with Crippen molar-refractivity contribution in [3.63, 3.8) is 0 Å². The van der Waals surface area contributed by atoms with Gasteiger partial charge < -0.3 is 10.2 Å². The first kappa shape index (κ1) is 18.8. The molecular formula is C12H4FN5Na2O2. The van der Waals surface area contributed by atoms with Crippen molar-refractivity contribution in [3.05, 3.63) is 35.9 Å². The van der Waals surface area contributed by atoms with Crippen molar-refractivity contribution < 1.29 is 73.7 Å². The summed E-state index contributed by atoms with van der Waals surface area (Å²) in [5.74, 6) is -2.68. The maximum atomic E-state index is 13.9. The summed E-state index contributed by atoms with van der Waals surface area (Å²) in [7, 11) is 0. The van der Waals surface area contributed by atoms with Crippen LogP contribution in [-0.2, 0) is 0 Å². The summed E-state index contributed by atoms with van der Waals surface area (Å²) >= 11 is 0. The molecule has 0 amide bonds. The van der Waals surface area contributed by atoms with E-state index in [1.807, 2.05) is 0 Å². The van der Waals surface area contributed by atoms with Crippen LogP contribution < -0.4 is 69.3 Å². The fraction of sp³-hybridized carbons (Fsp3) is 0. The van der Waals surface area contributed by atoms with Crippen LogP contribution in [0.1, 0.15) is 5.56 Å². The van der Waals surface area contributed by atoms with Crippen molar-refractivity contribution in [1.82, 2.24) is 19.6 Å². The Balaban J connectivity index is 0.00000121. The van der Waals surface area contributed by atoms with Crippen LogP contribution in [-0.4, -0.2) is 19.6 Å². The van der Waals surface area contributed by atoms with E-state index < -0.39 is 23.1 Å². The van der Waals surface area contributed by atoms with Gasteiger partial charge in [0, 0.05) is 22.9 Å². The van der Waals surface area contributed by atoms with Gasteiger partial charge in [-0.2, -0.15) is 15.3 Å². The van der Waals surface area contributed by atoms with Crippen molar-refractivity contribution in [1.29, 1.82) is 5.26 Å². The Hall–Kier alpha value is -1.21. The second kappa shape index (κ2) is 7.37. The zero-order valence-electron chi connectivity index (χ0n) is 11.7. The standard InChI is InChI=1S/C12H6FN5O2.2Na/c13-8-3-6(4-14)1-2-7(8)9-10(19)17-12-15-5-16-18(12)11(9)20;;/h1-3,5,20H,(H,15,16,17,19);;/q;2*+1/p-2. The van der Waals surface area contributed by atoms with Gasteiger partial charge in [0.15, 0.2) is 0 Å². The predicted molar refractivity (Wildman–Crippen MR) is 59.8 cm³/mol. The fourth-order valence-electron chi connectivity index (χ4n) is 1.82. The van der Waals surface area contributed by atoms with Crippen molar-refractivity contribution in [2.75, 3.05) is 0 Å². The molecule has 0 aliphatic rings. The first-order valence-electron chi connectivity index (χ1n) is 5.39. The molecule has 0 atom stereocenters. The normalized spacial score (nSPS) is 9.64. The number of benzene rings is 1. The maximum absolute atomic E-state index is 13.9. The van der Waals surface area contributed by atoms with Gasteiger partial charge in [-0.1, -0.05) is 6.07 Å². The van der Waals surface area contributed by atoms with Crippen molar-refractivity contribution >= 4 is 5.78 Å². The molecule has 3 aromatic rings. The second-order valence-corrected chi connectivity index (χ2v) is 3.88. The molecule has 2 heterocycles. The average Bonchev–Trinajstić information content (AvgIpc) is 2.88. The Bertz CT molecular complexity index is 878. The number of hydrogen-bond donors (Lipinski definition) is 0. The van der Waals surface area contributed by atoms with Gasteiger partial charge in [0.1, 0.15) is 12.1 Å². The first-order valence-corrected chi connectivity index (χ1v) is 5.39. The van der Waals surface area contributed by atoms with E-state index in [1.54, 1.807) is 6.07 Å². The number of nitrogens with zero attached hydrogens (tertiary/aromatic N) is 5. The molecule has 3 rings (SSSR count). The molecular weight excluding hydrogens is 311 g/mol. The zero-order valence-corrected chi connectivity index (χ0v) is 15.7. The van der Waals surface area contributed by atoms with Gasteiger partial charge in [-0.3, -0.25) is 0 Å². The largest absolute Gasteiger partial charge is 1.00 e. The number of rotatable bonds is 1. The number of aromatic nitrogens is 4. The quantitative estimate of drug-likeness (QED) is 0.413. The molecule has 2 aromatic heterocycles. The number of hydrogen-bond acceptors (Lipinski definition) is 6. The van der Waals surface area contributed by atoms with Crippen LogP contribution in [0.3, 0.4) is 0 Å². The van der Waals surface area contributed by atoms with E-state index >= 15 is 0 Å². The van der Waals surface area contributed by atoms with Crippen LogP contribution in [0, 0.1) is 17.1 Å². The summed E-state index contributed by atoms with van der Waals surface area (Å²) in [6.07, 6.45) is 1.07. The van der Waals surface area contributed by atoms with E-state index in [2.05, 4.69) is 15.1 Å². The van der Waals surface area contributed by atoms with Crippen molar-refractivity contribution in [3.8, 4) is 29.0 Å². The van der Waals surface area contributed by atoms with Crippen LogP contribution in [0.15, 0.2) is 24.5 Å². The SMILES string of the molecule is N#Cc1ccc(-c2c([O-])nc3ncnn3c2[O-])c(F)c1.[Na+].[Na+]. The van der Waals surface area contributed by atoms with Gasteiger partial charge >= 0.3 is 59.1 Å². The predicted octanol–water partition coefficient (Wildman–Crippen LogP) is -6.04. The smallest absolute Gasteiger partial charge is 0.858 e. The van der Waals surface area contributed by atoms with Gasteiger partial charge in [-0.15, -0.1) is 0 Å². The van der Waals surface area contributed by atoms with E-state index in [4.69, 9.17) is 5.26 Å². The number of nitriles is 1. The van der Waals surface area contributed by atoms with Gasteiger partial charge in [0.2, 0.25) is 0 Å². The summed E-state index contributed by atoms with van der Waals surface area (Å²) in [5, 5.41) is 36.2. The third-order valence-corrected chi connectivity index (χ3v) is 2.72. The minimum Gasteiger partial charge on any atom is -0.858 e. The van der Waals surface area contributed by atoms with Crippen molar-refractivity contribution in [2.45, 2.75) is 0 Å². The molecule has 0 fully saturated rings. The van der Waals surface area contributed by atoms with Crippen LogP contribution >= 0.6 is 0 Å². The Labute approximate surface area is 168 Å². The first-order chi connectivity index (χ1) is 9.61. The zero-order chi connectivity index (χ0) is 14.3. The molecule has 0 saturated carbocycles. The third kappa shape index (κ3) is 3.10. The molecule has 0 bridgehead atoms. The van der Waals surface area contributed by atoms with E-state index in [-0.39, 0.29) is 76.0 Å². The minimum absolute atomic E-state index is 0. The van der Waals surface area contributed by atoms with Gasteiger partial charge in [-0.05, 0) is 12.1 Å². The number of fused-ring (bicyclic) bond motifs is 1. The van der Waals surface area contributed by atoms with Crippen LogP contribution in [0.2, 0.25) is 0 Å².